The number of para-hydroxylation sites is 3. The Kier molecular flexibility index (Phi) is 10.8. The van der Waals surface area contributed by atoms with Gasteiger partial charge in [0.2, 0.25) is 5.69 Å². The highest BCUT2D eigenvalue weighted by molar-refractivity contribution is 7.27. The van der Waals surface area contributed by atoms with Crippen LogP contribution in [0.1, 0.15) is 121 Å². The second kappa shape index (κ2) is 19.3. The quantitative estimate of drug-likeness (QED) is 0.142. The molecule has 3 aromatic heterocycles. The molecule has 11 aromatic rings. The molecule has 0 amide bonds. The first-order valence-corrected chi connectivity index (χ1v) is 28.3. The molecule has 12 rings (SSSR count). The molecule has 0 aliphatic carbocycles. The summed E-state index contributed by atoms with van der Waals surface area (Å²) in [7, 11) is 0. The van der Waals surface area contributed by atoms with Gasteiger partial charge in [-0.15, -0.1) is 11.3 Å². The molecule has 0 fully saturated rings. The number of thiophene rings is 1. The molecule has 0 N–H and O–H groups in total. The van der Waals surface area contributed by atoms with Crippen LogP contribution >= 0.6 is 11.3 Å². The minimum Gasteiger partial charge on any atom is -0.457 e. The summed E-state index contributed by atoms with van der Waals surface area (Å²) >= 11 is 1.62. The number of fused-ring (bicyclic) bond motifs is 8. The lowest BCUT2D eigenvalue weighted by molar-refractivity contribution is 0.411. The molecule has 1 aliphatic heterocycles. The molecule has 7 heteroatoms. The molecule has 8 aromatic carbocycles. The SMILES string of the molecule is [2H]c1c([2H])c([2H])c(-c2cccc(-c3cc(C(C)(C)C)cc(C(C)(C)C)c3)c2N2CN(c3cc(Oc4ccc5c6c7sc8c([N+]#[C-])cccc8c7ccc6n(-c6cc(C([2H])([2H])C(C)(C)C)cc(C)n6)c5c4)cc(C(C)(C)C)c3)c3ccccc32)c([2H])c1[2H]. The topological polar surface area (TPSA) is 37.9 Å². The van der Waals surface area contributed by atoms with Gasteiger partial charge in [-0.1, -0.05) is 186 Å². The van der Waals surface area contributed by atoms with Gasteiger partial charge in [0.15, 0.2) is 0 Å². The largest absolute Gasteiger partial charge is 0.457 e. The van der Waals surface area contributed by atoms with Crippen molar-refractivity contribution in [3.8, 4) is 39.6 Å². The third-order valence-electron chi connectivity index (χ3n) is 15.3. The average molecular weight is 1070 g/mol. The molecule has 0 saturated heterocycles. The normalized spacial score (nSPS) is 14.7. The maximum Gasteiger partial charge on any atom is 0.204 e. The number of anilines is 4. The van der Waals surface area contributed by atoms with Crippen molar-refractivity contribution in [3.63, 3.8) is 0 Å². The van der Waals surface area contributed by atoms with E-state index < -0.39 is 29.9 Å². The van der Waals surface area contributed by atoms with Crippen molar-refractivity contribution in [2.24, 2.45) is 5.41 Å². The lowest BCUT2D eigenvalue weighted by Crippen LogP contribution is -2.25. The highest BCUT2D eigenvalue weighted by Crippen LogP contribution is 2.52. The first kappa shape index (κ1) is 44.6. The van der Waals surface area contributed by atoms with Gasteiger partial charge in [0, 0.05) is 57.6 Å². The maximum atomic E-state index is 9.39. The first-order valence-electron chi connectivity index (χ1n) is 31.0. The number of ether oxygens (including phenoxy) is 1. The Bertz CT molecular complexity index is 4660. The predicted octanol–water partition coefficient (Wildman–Crippen LogP) is 21.3. The van der Waals surface area contributed by atoms with Gasteiger partial charge >= 0.3 is 0 Å². The molecule has 0 unspecified atom stereocenters. The Balaban J connectivity index is 1.04. The number of rotatable bonds is 8. The van der Waals surface area contributed by atoms with Crippen molar-refractivity contribution >= 4 is 81.8 Å². The summed E-state index contributed by atoms with van der Waals surface area (Å²) in [6.45, 7) is 35.8. The zero-order valence-electron chi connectivity index (χ0n) is 55.0. The van der Waals surface area contributed by atoms with Crippen LogP contribution in [0, 0.1) is 18.9 Å². The number of hydrogen-bond donors (Lipinski definition) is 0. The number of aromatic nitrogens is 2. The Morgan fingerprint density at radius 1 is 0.600 bits per heavy atom. The van der Waals surface area contributed by atoms with Crippen LogP contribution in [-0.2, 0) is 22.6 Å². The summed E-state index contributed by atoms with van der Waals surface area (Å²) in [5, 5.41) is 4.06. The summed E-state index contributed by atoms with van der Waals surface area (Å²) in [6.07, 6.45) is -1.69. The lowest BCUT2D eigenvalue weighted by atomic mass is 9.78. The molecular weight excluding hydrogens is 995 g/mol. The van der Waals surface area contributed by atoms with Gasteiger partial charge in [-0.2, -0.15) is 0 Å². The summed E-state index contributed by atoms with van der Waals surface area (Å²) in [4.78, 5) is 13.5. The average Bonchev–Trinajstić information content (AvgIpc) is 1.64. The van der Waals surface area contributed by atoms with Gasteiger partial charge in [0.25, 0.3) is 0 Å². The third kappa shape index (κ3) is 9.58. The maximum absolute atomic E-state index is 9.39. The number of benzene rings is 8. The Morgan fingerprint density at radius 2 is 1.24 bits per heavy atom. The zero-order chi connectivity index (χ0) is 62.4. The molecule has 0 saturated carbocycles. The van der Waals surface area contributed by atoms with Gasteiger partial charge in [0.1, 0.15) is 24.0 Å². The predicted molar refractivity (Wildman–Crippen MR) is 341 cm³/mol. The summed E-state index contributed by atoms with van der Waals surface area (Å²) in [5.41, 5.74) is 11.3. The highest BCUT2D eigenvalue weighted by Gasteiger charge is 2.33. The fourth-order valence-electron chi connectivity index (χ4n) is 11.3. The van der Waals surface area contributed by atoms with E-state index in [-0.39, 0.29) is 33.9 Å². The van der Waals surface area contributed by atoms with Crippen LogP contribution in [0.25, 0.3) is 74.9 Å². The van der Waals surface area contributed by atoms with Crippen molar-refractivity contribution < 1.29 is 14.3 Å². The minimum atomic E-state index is -1.69. The van der Waals surface area contributed by atoms with Gasteiger partial charge in [0.05, 0.1) is 41.5 Å². The molecule has 4 heterocycles. The fraction of sp³-hybridized carbons (Fsp3) is 0.260. The summed E-state index contributed by atoms with van der Waals surface area (Å²) < 4.78 is 75.1. The van der Waals surface area contributed by atoms with E-state index in [1.165, 1.54) is 0 Å². The number of pyridine rings is 1. The van der Waals surface area contributed by atoms with Gasteiger partial charge in [-0.3, -0.25) is 4.57 Å². The van der Waals surface area contributed by atoms with E-state index in [1.807, 2.05) is 82.3 Å². The standard InChI is InChI=1S/C73H71N5OS/c1-45-34-46(43-70(2,3)4)35-65(75-45)78-63-33-32-58-57-26-21-27-60(74-14)68(57)80-69(58)66(63)59-31-30-53(42-64(59)78)79-54-40-51(73(11,12)13)39-52(41-54)76-44-77(62-29-19-18-28-61(62)76)67-55(47-22-16-15-17-23-47)24-20-25-56(67)48-36-49(71(5,6)7)38-50(37-48)72(8,9)10/h15-42H,43-44H2,1-13H3/i15D,16D,17D,22D,23D,43D2. The monoisotopic (exact) mass is 1070 g/mol. The van der Waals surface area contributed by atoms with Crippen LogP contribution < -0.4 is 14.5 Å². The molecule has 1 aliphatic rings. The third-order valence-corrected chi connectivity index (χ3v) is 16.5. The lowest BCUT2D eigenvalue weighted by Gasteiger charge is -2.30. The Morgan fingerprint density at radius 3 is 1.91 bits per heavy atom. The van der Waals surface area contributed by atoms with E-state index in [1.54, 1.807) is 11.3 Å². The first-order chi connectivity index (χ1) is 40.8. The Hall–Kier alpha value is -8.18. The van der Waals surface area contributed by atoms with Gasteiger partial charge in [-0.05, 0) is 134 Å². The van der Waals surface area contributed by atoms with Gasteiger partial charge < -0.3 is 14.5 Å². The minimum absolute atomic E-state index is 0.130. The van der Waals surface area contributed by atoms with E-state index in [2.05, 4.69) is 166 Å². The van der Waals surface area contributed by atoms with E-state index in [9.17, 15) is 5.48 Å². The summed E-state index contributed by atoms with van der Waals surface area (Å²) in [6, 6.07) is 45.5. The van der Waals surface area contributed by atoms with Crippen LogP contribution in [-0.4, -0.2) is 16.2 Å². The smallest absolute Gasteiger partial charge is 0.204 e. The highest BCUT2D eigenvalue weighted by atomic mass is 32.1. The number of aryl methyl sites for hydroxylation is 1. The van der Waals surface area contributed by atoms with Crippen molar-refractivity contribution in [2.45, 2.75) is 113 Å². The van der Waals surface area contributed by atoms with Crippen molar-refractivity contribution in [1.82, 2.24) is 9.55 Å². The van der Waals surface area contributed by atoms with Crippen LogP contribution in [0.15, 0.2) is 170 Å². The molecule has 0 atom stereocenters. The van der Waals surface area contributed by atoms with Crippen molar-refractivity contribution in [2.75, 3.05) is 16.5 Å². The fourth-order valence-corrected chi connectivity index (χ4v) is 12.6. The van der Waals surface area contributed by atoms with Crippen LogP contribution in [0.5, 0.6) is 11.5 Å². The molecule has 6 nitrogen and oxygen atoms in total. The molecular formula is C73H71N5OS. The second-order valence-corrected chi connectivity index (χ2v) is 26.5. The molecule has 0 radical (unpaired) electrons. The van der Waals surface area contributed by atoms with Crippen molar-refractivity contribution in [1.29, 1.82) is 0 Å². The second-order valence-electron chi connectivity index (χ2n) is 25.5. The molecule has 400 valence electrons. The Labute approximate surface area is 486 Å². The molecule has 80 heavy (non-hydrogen) atoms. The number of nitrogens with zero attached hydrogens (tertiary/aromatic N) is 5. The zero-order valence-corrected chi connectivity index (χ0v) is 48.9. The van der Waals surface area contributed by atoms with E-state index in [0.29, 0.717) is 52.2 Å². The van der Waals surface area contributed by atoms with Crippen molar-refractivity contribution in [3.05, 3.63) is 209 Å². The number of hydrogen-bond acceptors (Lipinski definition) is 5. The van der Waals surface area contributed by atoms with Crippen LogP contribution in [0.3, 0.4) is 0 Å². The van der Waals surface area contributed by atoms with Crippen LogP contribution in [0.2, 0.25) is 0 Å². The van der Waals surface area contributed by atoms with E-state index >= 15 is 0 Å². The molecule has 0 bridgehead atoms. The van der Waals surface area contributed by atoms with E-state index in [4.69, 9.17) is 20.4 Å². The molecule has 0 spiro atoms. The summed E-state index contributed by atoms with van der Waals surface area (Å²) in [5.74, 6) is 1.77. The van der Waals surface area contributed by atoms with Crippen LogP contribution in [0.4, 0.5) is 28.4 Å². The van der Waals surface area contributed by atoms with Gasteiger partial charge in [-0.25, -0.2) is 9.83 Å². The van der Waals surface area contributed by atoms with E-state index in [0.717, 1.165) is 86.9 Å².